The molecular formula is C9H16O6. The number of aliphatic carboxylic acids is 2. The summed E-state index contributed by atoms with van der Waals surface area (Å²) in [5, 5.41) is 34.9. The van der Waals surface area contributed by atoms with Crippen LogP contribution in [0.5, 0.6) is 0 Å². The Morgan fingerprint density at radius 3 is 1.47 bits per heavy atom. The largest absolute Gasteiger partial charge is 0.481 e. The molecule has 0 aliphatic rings. The normalized spacial score (nSPS) is 14.5. The van der Waals surface area contributed by atoms with Crippen molar-refractivity contribution in [2.75, 3.05) is 0 Å². The topological polar surface area (TPSA) is 115 Å². The van der Waals surface area contributed by atoms with Crippen molar-refractivity contribution in [2.45, 2.75) is 44.3 Å². The maximum atomic E-state index is 10.2. The molecule has 0 amide bonds. The molecule has 0 aromatic rings. The lowest BCUT2D eigenvalue weighted by atomic mass is 10.1. The fourth-order valence-electron chi connectivity index (χ4n) is 1.20. The van der Waals surface area contributed by atoms with Gasteiger partial charge in [-0.05, 0) is 19.3 Å². The third-order valence-corrected chi connectivity index (χ3v) is 1.90. The Morgan fingerprint density at radius 2 is 1.20 bits per heavy atom. The number of aliphatic hydroxyl groups is 2. The van der Waals surface area contributed by atoms with Gasteiger partial charge in [-0.25, -0.2) is 0 Å². The van der Waals surface area contributed by atoms with Crippen molar-refractivity contribution in [3.63, 3.8) is 0 Å². The summed E-state index contributed by atoms with van der Waals surface area (Å²) in [6, 6.07) is 0. The van der Waals surface area contributed by atoms with E-state index in [2.05, 4.69) is 0 Å². The highest BCUT2D eigenvalue weighted by Gasteiger charge is 2.12. The summed E-state index contributed by atoms with van der Waals surface area (Å²) in [4.78, 5) is 20.3. The SMILES string of the molecule is O=C(O)CC(O)CCCC(O)CC(=O)O. The van der Waals surface area contributed by atoms with E-state index in [4.69, 9.17) is 20.4 Å². The van der Waals surface area contributed by atoms with Gasteiger partial charge in [0, 0.05) is 0 Å². The Bertz CT molecular complexity index is 193. The molecular weight excluding hydrogens is 204 g/mol. The van der Waals surface area contributed by atoms with Gasteiger partial charge >= 0.3 is 11.9 Å². The summed E-state index contributed by atoms with van der Waals surface area (Å²) >= 11 is 0. The van der Waals surface area contributed by atoms with E-state index in [1.807, 2.05) is 0 Å². The monoisotopic (exact) mass is 220 g/mol. The Labute approximate surface area is 87.2 Å². The van der Waals surface area contributed by atoms with Gasteiger partial charge in [-0.2, -0.15) is 0 Å². The van der Waals surface area contributed by atoms with Crippen molar-refractivity contribution in [1.82, 2.24) is 0 Å². The minimum atomic E-state index is -1.08. The van der Waals surface area contributed by atoms with Gasteiger partial charge in [0.05, 0.1) is 25.0 Å². The molecule has 15 heavy (non-hydrogen) atoms. The lowest BCUT2D eigenvalue weighted by molar-refractivity contribution is -0.140. The van der Waals surface area contributed by atoms with Crippen molar-refractivity contribution in [3.05, 3.63) is 0 Å². The van der Waals surface area contributed by atoms with Crippen LogP contribution >= 0.6 is 0 Å². The van der Waals surface area contributed by atoms with Crippen LogP contribution in [-0.4, -0.2) is 44.6 Å². The van der Waals surface area contributed by atoms with Crippen LogP contribution in [-0.2, 0) is 9.59 Å². The fourth-order valence-corrected chi connectivity index (χ4v) is 1.20. The predicted octanol–water partition coefficient (Wildman–Crippen LogP) is -0.172. The number of carbonyl (C=O) groups is 2. The first-order valence-electron chi connectivity index (χ1n) is 4.71. The van der Waals surface area contributed by atoms with E-state index in [0.717, 1.165) is 0 Å². The summed E-state index contributed by atoms with van der Waals surface area (Å²) in [5.41, 5.74) is 0. The predicted molar refractivity (Wildman–Crippen MR) is 50.4 cm³/mol. The van der Waals surface area contributed by atoms with Crippen LogP contribution < -0.4 is 0 Å². The van der Waals surface area contributed by atoms with Crippen LogP contribution in [0.1, 0.15) is 32.1 Å². The van der Waals surface area contributed by atoms with Gasteiger partial charge < -0.3 is 20.4 Å². The molecule has 6 nitrogen and oxygen atoms in total. The molecule has 2 atom stereocenters. The summed E-state index contributed by atoms with van der Waals surface area (Å²) in [6.07, 6.45) is -1.60. The van der Waals surface area contributed by atoms with Crippen molar-refractivity contribution in [3.8, 4) is 0 Å². The molecule has 0 saturated heterocycles. The third kappa shape index (κ3) is 9.17. The maximum absolute atomic E-state index is 10.2. The molecule has 0 aromatic heterocycles. The minimum Gasteiger partial charge on any atom is -0.481 e. The highest BCUT2D eigenvalue weighted by atomic mass is 16.4. The number of aliphatic hydroxyl groups excluding tert-OH is 2. The number of hydrogen-bond acceptors (Lipinski definition) is 4. The summed E-state index contributed by atoms with van der Waals surface area (Å²) < 4.78 is 0. The first-order valence-corrected chi connectivity index (χ1v) is 4.71. The van der Waals surface area contributed by atoms with Crippen LogP contribution in [0.2, 0.25) is 0 Å². The van der Waals surface area contributed by atoms with Crippen LogP contribution in [0.25, 0.3) is 0 Å². The zero-order chi connectivity index (χ0) is 11.8. The minimum absolute atomic E-state index is 0.253. The molecule has 0 radical (unpaired) electrons. The zero-order valence-corrected chi connectivity index (χ0v) is 8.30. The smallest absolute Gasteiger partial charge is 0.305 e. The second-order valence-corrected chi connectivity index (χ2v) is 3.43. The van der Waals surface area contributed by atoms with Gasteiger partial charge in [0.2, 0.25) is 0 Å². The molecule has 0 aliphatic carbocycles. The fraction of sp³-hybridized carbons (Fsp3) is 0.778. The average molecular weight is 220 g/mol. The Morgan fingerprint density at radius 1 is 0.867 bits per heavy atom. The van der Waals surface area contributed by atoms with E-state index in [0.29, 0.717) is 6.42 Å². The average Bonchev–Trinajstić information content (AvgIpc) is 2.00. The first-order chi connectivity index (χ1) is 6.91. The molecule has 4 N–H and O–H groups in total. The van der Waals surface area contributed by atoms with Crippen LogP contribution in [0, 0.1) is 0 Å². The van der Waals surface area contributed by atoms with Crippen LogP contribution in [0.3, 0.4) is 0 Å². The number of carboxylic acid groups (broad SMARTS) is 2. The molecule has 88 valence electrons. The molecule has 0 bridgehead atoms. The van der Waals surface area contributed by atoms with Gasteiger partial charge in [0.25, 0.3) is 0 Å². The molecule has 0 saturated carbocycles. The molecule has 6 heteroatoms. The summed E-state index contributed by atoms with van der Waals surface area (Å²) in [5.74, 6) is -2.15. The highest BCUT2D eigenvalue weighted by Crippen LogP contribution is 2.08. The van der Waals surface area contributed by atoms with E-state index >= 15 is 0 Å². The summed E-state index contributed by atoms with van der Waals surface area (Å²) in [6.45, 7) is 0. The number of carboxylic acids is 2. The van der Waals surface area contributed by atoms with E-state index in [1.54, 1.807) is 0 Å². The second-order valence-electron chi connectivity index (χ2n) is 3.43. The van der Waals surface area contributed by atoms with Crippen molar-refractivity contribution in [1.29, 1.82) is 0 Å². The molecule has 0 fully saturated rings. The zero-order valence-electron chi connectivity index (χ0n) is 8.30. The van der Waals surface area contributed by atoms with E-state index in [9.17, 15) is 9.59 Å². The van der Waals surface area contributed by atoms with Crippen LogP contribution in [0.4, 0.5) is 0 Å². The molecule has 0 heterocycles. The first kappa shape index (κ1) is 13.9. The van der Waals surface area contributed by atoms with Gasteiger partial charge in [-0.15, -0.1) is 0 Å². The van der Waals surface area contributed by atoms with Gasteiger partial charge in [-0.3, -0.25) is 9.59 Å². The highest BCUT2D eigenvalue weighted by molar-refractivity contribution is 5.67. The number of hydrogen-bond donors (Lipinski definition) is 4. The molecule has 0 aromatic carbocycles. The molecule has 2 unspecified atom stereocenters. The molecule has 0 spiro atoms. The standard InChI is InChI=1S/C9H16O6/c10-6(4-8(12)13)2-1-3-7(11)5-9(14)15/h6-7,10-11H,1-5H2,(H,12,13)(H,14,15). The number of rotatable bonds is 8. The lowest BCUT2D eigenvalue weighted by Crippen LogP contribution is -2.16. The van der Waals surface area contributed by atoms with Crippen molar-refractivity contribution >= 4 is 11.9 Å². The van der Waals surface area contributed by atoms with Gasteiger partial charge in [0.1, 0.15) is 0 Å². The molecule has 0 aliphatic heterocycles. The Kier molecular flexibility index (Phi) is 6.64. The van der Waals surface area contributed by atoms with Crippen molar-refractivity contribution in [2.24, 2.45) is 0 Å². The maximum Gasteiger partial charge on any atom is 0.305 e. The van der Waals surface area contributed by atoms with Gasteiger partial charge in [0.15, 0.2) is 0 Å². The summed E-state index contributed by atoms with van der Waals surface area (Å²) in [7, 11) is 0. The van der Waals surface area contributed by atoms with E-state index in [-0.39, 0.29) is 25.7 Å². The quantitative estimate of drug-likeness (QED) is 0.451. The van der Waals surface area contributed by atoms with E-state index < -0.39 is 24.1 Å². The molecule has 0 rings (SSSR count). The Hall–Kier alpha value is -1.14. The lowest BCUT2D eigenvalue weighted by Gasteiger charge is -2.10. The third-order valence-electron chi connectivity index (χ3n) is 1.90. The van der Waals surface area contributed by atoms with Crippen LogP contribution in [0.15, 0.2) is 0 Å². The van der Waals surface area contributed by atoms with Gasteiger partial charge in [-0.1, -0.05) is 0 Å². The Balaban J connectivity index is 3.52. The van der Waals surface area contributed by atoms with E-state index in [1.165, 1.54) is 0 Å². The van der Waals surface area contributed by atoms with Crippen molar-refractivity contribution < 1.29 is 30.0 Å². The second kappa shape index (κ2) is 7.19.